The number of hydrogen-bond donors (Lipinski definition) is 1. The highest BCUT2D eigenvalue weighted by Crippen LogP contribution is 2.30. The largest absolute Gasteiger partial charge is 0.493 e. The van der Waals surface area contributed by atoms with Crippen LogP contribution in [-0.2, 0) is 11.2 Å². The van der Waals surface area contributed by atoms with E-state index in [2.05, 4.69) is 4.98 Å². The predicted molar refractivity (Wildman–Crippen MR) is 119 cm³/mol. The van der Waals surface area contributed by atoms with Gasteiger partial charge in [-0.2, -0.15) is 4.98 Å². The molecule has 0 bridgehead atoms. The molecule has 2 aromatic carbocycles. The molecule has 7 heteroatoms. The summed E-state index contributed by atoms with van der Waals surface area (Å²) in [6, 6.07) is 17.1. The number of rotatable bonds is 5. The highest BCUT2D eigenvalue weighted by Gasteiger charge is 2.25. The van der Waals surface area contributed by atoms with Gasteiger partial charge in [-0.3, -0.25) is 14.2 Å². The maximum Gasteiger partial charge on any atom is 0.266 e. The lowest BCUT2D eigenvalue weighted by Gasteiger charge is -2.19. The first-order valence-corrected chi connectivity index (χ1v) is 10.9. The number of anilines is 1. The number of hydrogen-bond acceptors (Lipinski definition) is 5. The molecule has 0 spiro atoms. The Balaban J connectivity index is 1.66. The zero-order valence-electron chi connectivity index (χ0n) is 16.9. The molecule has 1 aliphatic rings. The number of para-hydroxylation sites is 2. The summed E-state index contributed by atoms with van der Waals surface area (Å²) in [5, 5.41) is 10.7. The Morgan fingerprint density at radius 3 is 2.57 bits per heavy atom. The Kier molecular flexibility index (Phi) is 5.63. The van der Waals surface area contributed by atoms with Gasteiger partial charge >= 0.3 is 0 Å². The van der Waals surface area contributed by atoms with Gasteiger partial charge in [-0.1, -0.05) is 62.0 Å². The van der Waals surface area contributed by atoms with Crippen LogP contribution in [0.3, 0.4) is 0 Å². The number of amides is 1. The van der Waals surface area contributed by atoms with Gasteiger partial charge in [-0.05, 0) is 36.1 Å². The van der Waals surface area contributed by atoms with Crippen molar-refractivity contribution in [2.75, 3.05) is 17.2 Å². The average Bonchev–Trinajstić information content (AvgIpc) is 3.16. The summed E-state index contributed by atoms with van der Waals surface area (Å²) in [5.41, 5.74) is 2.70. The minimum atomic E-state index is -0.315. The lowest BCUT2D eigenvalue weighted by atomic mass is 10.1. The van der Waals surface area contributed by atoms with Gasteiger partial charge in [0.1, 0.15) is 0 Å². The number of nitrogens with zero attached hydrogens (tertiary/aromatic N) is 3. The summed E-state index contributed by atoms with van der Waals surface area (Å²) < 4.78 is 1.48. The molecule has 0 aliphatic carbocycles. The Labute approximate surface area is 179 Å². The second kappa shape index (κ2) is 8.36. The fourth-order valence-electron chi connectivity index (χ4n) is 3.71. The zero-order valence-corrected chi connectivity index (χ0v) is 17.7. The maximum absolute atomic E-state index is 13.2. The topological polar surface area (TPSA) is 75.4 Å². The smallest absolute Gasteiger partial charge is 0.266 e. The lowest BCUT2D eigenvalue weighted by Crippen LogP contribution is -2.31. The van der Waals surface area contributed by atoms with E-state index in [0.717, 1.165) is 29.4 Å². The molecule has 0 saturated carbocycles. The van der Waals surface area contributed by atoms with Gasteiger partial charge in [0.25, 0.3) is 5.56 Å². The van der Waals surface area contributed by atoms with Crippen molar-refractivity contribution in [3.05, 3.63) is 76.1 Å². The van der Waals surface area contributed by atoms with E-state index in [1.54, 1.807) is 4.90 Å². The Hall–Kier alpha value is -3.06. The molecule has 30 heavy (non-hydrogen) atoms. The van der Waals surface area contributed by atoms with Crippen LogP contribution in [0.2, 0.25) is 0 Å². The molecule has 154 valence electrons. The first-order valence-electron chi connectivity index (χ1n) is 9.89. The number of carbonyl (C=O) groups excluding carboxylic acids is 1. The second-order valence-electron chi connectivity index (χ2n) is 7.48. The average molecular weight is 422 g/mol. The zero-order chi connectivity index (χ0) is 21.3. The highest BCUT2D eigenvalue weighted by molar-refractivity contribution is 7.99. The molecule has 0 atom stereocenters. The van der Waals surface area contributed by atoms with Crippen molar-refractivity contribution in [1.82, 2.24) is 9.55 Å². The fourth-order valence-corrected chi connectivity index (χ4v) is 4.59. The number of fused-ring (bicyclic) bond motifs is 1. The van der Waals surface area contributed by atoms with Gasteiger partial charge in [0.05, 0.1) is 17.0 Å². The van der Waals surface area contributed by atoms with Crippen LogP contribution in [0, 0.1) is 0 Å². The SMILES string of the molecule is CC(C)c1c(O)nc(SCC(=O)N2CCc3ccccc32)n(-c2ccccc2)c1=O. The number of aromatic hydroxyl groups is 1. The van der Waals surface area contributed by atoms with Crippen LogP contribution in [0.25, 0.3) is 5.69 Å². The van der Waals surface area contributed by atoms with E-state index >= 15 is 0 Å². The molecule has 1 amide bonds. The monoisotopic (exact) mass is 421 g/mol. The van der Waals surface area contributed by atoms with E-state index in [0.29, 0.717) is 17.4 Å². The predicted octanol–water partition coefficient (Wildman–Crippen LogP) is 3.74. The van der Waals surface area contributed by atoms with Crippen LogP contribution in [0.4, 0.5) is 5.69 Å². The molecule has 2 heterocycles. The lowest BCUT2D eigenvalue weighted by molar-refractivity contribution is -0.116. The van der Waals surface area contributed by atoms with Crippen molar-refractivity contribution in [1.29, 1.82) is 0 Å². The van der Waals surface area contributed by atoms with E-state index in [-0.39, 0.29) is 34.6 Å². The van der Waals surface area contributed by atoms with Gasteiger partial charge in [-0.25, -0.2) is 0 Å². The summed E-state index contributed by atoms with van der Waals surface area (Å²) in [6.07, 6.45) is 0.837. The van der Waals surface area contributed by atoms with Crippen molar-refractivity contribution in [2.45, 2.75) is 31.3 Å². The van der Waals surface area contributed by atoms with Gasteiger partial charge in [0.2, 0.25) is 11.8 Å². The molecule has 1 aliphatic heterocycles. The van der Waals surface area contributed by atoms with E-state index in [1.165, 1.54) is 4.57 Å². The van der Waals surface area contributed by atoms with Gasteiger partial charge in [-0.15, -0.1) is 0 Å². The summed E-state index contributed by atoms with van der Waals surface area (Å²) >= 11 is 1.16. The molecule has 0 unspecified atom stereocenters. The van der Waals surface area contributed by atoms with Crippen molar-refractivity contribution in [3.63, 3.8) is 0 Å². The summed E-state index contributed by atoms with van der Waals surface area (Å²) in [7, 11) is 0. The van der Waals surface area contributed by atoms with Crippen LogP contribution >= 0.6 is 11.8 Å². The molecule has 1 aromatic heterocycles. The van der Waals surface area contributed by atoms with Gasteiger partial charge in [0, 0.05) is 12.2 Å². The van der Waals surface area contributed by atoms with Gasteiger partial charge in [0.15, 0.2) is 5.16 Å². The molecule has 0 fully saturated rings. The van der Waals surface area contributed by atoms with Gasteiger partial charge < -0.3 is 10.0 Å². The van der Waals surface area contributed by atoms with E-state index in [9.17, 15) is 14.7 Å². The number of thioether (sulfide) groups is 1. The standard InChI is InChI=1S/C23H23N3O3S/c1-15(2)20-21(28)24-23(26(22(20)29)17-9-4-3-5-10-17)30-14-19(27)25-13-12-16-8-6-7-11-18(16)25/h3-11,15,28H,12-14H2,1-2H3. The Morgan fingerprint density at radius 2 is 1.83 bits per heavy atom. The minimum Gasteiger partial charge on any atom is -0.493 e. The molecular weight excluding hydrogens is 398 g/mol. The van der Waals surface area contributed by atoms with Crippen LogP contribution in [-0.4, -0.2) is 32.9 Å². The quantitative estimate of drug-likeness (QED) is 0.502. The van der Waals surface area contributed by atoms with Crippen molar-refractivity contribution >= 4 is 23.4 Å². The van der Waals surface area contributed by atoms with Crippen molar-refractivity contribution < 1.29 is 9.90 Å². The third kappa shape index (κ3) is 3.73. The Bertz CT molecular complexity index is 1140. The molecule has 0 radical (unpaired) electrons. The van der Waals surface area contributed by atoms with Crippen molar-refractivity contribution in [3.8, 4) is 11.6 Å². The first-order chi connectivity index (χ1) is 14.5. The number of benzene rings is 2. The molecule has 0 saturated heterocycles. The summed E-state index contributed by atoms with van der Waals surface area (Å²) in [6.45, 7) is 4.33. The highest BCUT2D eigenvalue weighted by atomic mass is 32.2. The second-order valence-corrected chi connectivity index (χ2v) is 8.42. The van der Waals surface area contributed by atoms with E-state index in [1.807, 2.05) is 68.4 Å². The maximum atomic E-state index is 13.2. The Morgan fingerprint density at radius 1 is 1.13 bits per heavy atom. The molecule has 1 N–H and O–H groups in total. The summed E-state index contributed by atoms with van der Waals surface area (Å²) in [5.74, 6) is -0.384. The van der Waals surface area contributed by atoms with Crippen LogP contribution in [0.1, 0.15) is 30.9 Å². The molecule has 3 aromatic rings. The van der Waals surface area contributed by atoms with Crippen LogP contribution < -0.4 is 10.5 Å². The minimum absolute atomic E-state index is 0.0498. The van der Waals surface area contributed by atoms with E-state index in [4.69, 9.17) is 0 Å². The normalized spacial score (nSPS) is 13.0. The summed E-state index contributed by atoms with van der Waals surface area (Å²) in [4.78, 5) is 32.1. The van der Waals surface area contributed by atoms with Crippen LogP contribution in [0.15, 0.2) is 64.5 Å². The fraction of sp³-hybridized carbons (Fsp3) is 0.261. The third-order valence-electron chi connectivity index (χ3n) is 5.17. The van der Waals surface area contributed by atoms with Crippen LogP contribution in [0.5, 0.6) is 5.88 Å². The first kappa shape index (κ1) is 20.2. The number of carbonyl (C=O) groups is 1. The number of aromatic nitrogens is 2. The molecule has 6 nitrogen and oxygen atoms in total. The molecular formula is C23H23N3O3S. The molecule has 4 rings (SSSR count). The van der Waals surface area contributed by atoms with Crippen molar-refractivity contribution in [2.24, 2.45) is 0 Å². The third-order valence-corrected chi connectivity index (χ3v) is 6.10. The van der Waals surface area contributed by atoms with E-state index < -0.39 is 0 Å².